The second-order valence-electron chi connectivity index (χ2n) is 10.3. The fourth-order valence-corrected chi connectivity index (χ4v) is 6.02. The van der Waals surface area contributed by atoms with Crippen LogP contribution in [0.3, 0.4) is 0 Å². The summed E-state index contributed by atoms with van der Waals surface area (Å²) >= 11 is 0. The SMILES string of the molecule is COc1cccc2c1C(=O)c1c(O)c3c(c(O)c1C2=O)CC(C(=O)COC1(OCC(=O)O)CCCCC1)CC3. The second kappa shape index (κ2) is 10.4. The molecule has 3 N–H and O–H groups in total. The van der Waals surface area contributed by atoms with Crippen molar-refractivity contribution < 1.29 is 48.7 Å². The summed E-state index contributed by atoms with van der Waals surface area (Å²) in [7, 11) is 1.38. The number of aromatic hydroxyl groups is 2. The van der Waals surface area contributed by atoms with E-state index in [4.69, 9.17) is 19.3 Å². The minimum absolute atomic E-state index is 0.0370. The highest BCUT2D eigenvalue weighted by molar-refractivity contribution is 6.31. The zero-order chi connectivity index (χ0) is 27.9. The van der Waals surface area contributed by atoms with Crippen LogP contribution in [0.1, 0.15) is 81.5 Å². The summed E-state index contributed by atoms with van der Waals surface area (Å²) in [6, 6.07) is 4.58. The van der Waals surface area contributed by atoms with Gasteiger partial charge in [-0.1, -0.05) is 18.6 Å². The summed E-state index contributed by atoms with van der Waals surface area (Å²) in [6.45, 7) is -0.813. The van der Waals surface area contributed by atoms with Crippen molar-refractivity contribution in [2.45, 2.75) is 57.2 Å². The fraction of sp³-hybridized carbons (Fsp3) is 0.448. The maximum atomic E-state index is 13.4. The van der Waals surface area contributed by atoms with Crippen molar-refractivity contribution in [1.82, 2.24) is 0 Å². The predicted octanol–water partition coefficient (Wildman–Crippen LogP) is 3.33. The lowest BCUT2D eigenvalue weighted by molar-refractivity contribution is -0.251. The predicted molar refractivity (Wildman–Crippen MR) is 136 cm³/mol. The number of Topliss-reactive ketones (excluding diaryl/α,β-unsaturated/α-hetero) is 1. The van der Waals surface area contributed by atoms with Crippen LogP contribution >= 0.6 is 0 Å². The maximum Gasteiger partial charge on any atom is 0.329 e. The highest BCUT2D eigenvalue weighted by Gasteiger charge is 2.42. The molecule has 10 nitrogen and oxygen atoms in total. The first-order valence-corrected chi connectivity index (χ1v) is 13.1. The van der Waals surface area contributed by atoms with Crippen LogP contribution in [-0.4, -0.2) is 64.7 Å². The second-order valence-corrected chi connectivity index (χ2v) is 10.3. The van der Waals surface area contributed by atoms with E-state index in [2.05, 4.69) is 0 Å². The lowest BCUT2D eigenvalue weighted by Gasteiger charge is -2.37. The first kappa shape index (κ1) is 26.8. The van der Waals surface area contributed by atoms with Gasteiger partial charge in [0.05, 0.1) is 23.8 Å². The number of carbonyl (C=O) groups excluding carboxylic acids is 3. The molecule has 2 aromatic rings. The zero-order valence-corrected chi connectivity index (χ0v) is 21.6. The number of fused-ring (bicyclic) bond motifs is 3. The monoisotopic (exact) mass is 538 g/mol. The van der Waals surface area contributed by atoms with Crippen LogP contribution in [0, 0.1) is 5.92 Å². The number of rotatable bonds is 8. The van der Waals surface area contributed by atoms with E-state index < -0.39 is 41.6 Å². The molecule has 10 heteroatoms. The number of hydrogen-bond donors (Lipinski definition) is 3. The number of carbonyl (C=O) groups is 4. The normalized spacial score (nSPS) is 19.6. The number of benzene rings is 2. The minimum atomic E-state index is -1.13. The van der Waals surface area contributed by atoms with Gasteiger partial charge in [-0.2, -0.15) is 0 Å². The van der Waals surface area contributed by atoms with Crippen LogP contribution in [0.2, 0.25) is 0 Å². The molecule has 0 heterocycles. The lowest BCUT2D eigenvalue weighted by Crippen LogP contribution is -2.42. The van der Waals surface area contributed by atoms with Crippen LogP contribution < -0.4 is 4.74 Å². The number of phenols is 2. The maximum absolute atomic E-state index is 13.4. The number of phenolic OH excluding ortho intramolecular Hbond substituents is 2. The van der Waals surface area contributed by atoms with Crippen LogP contribution in [0.5, 0.6) is 17.2 Å². The molecule has 0 spiro atoms. The van der Waals surface area contributed by atoms with Gasteiger partial charge in [-0.15, -0.1) is 0 Å². The van der Waals surface area contributed by atoms with E-state index in [1.165, 1.54) is 13.2 Å². The molecule has 2 aromatic carbocycles. The van der Waals surface area contributed by atoms with Gasteiger partial charge in [-0.05, 0) is 38.2 Å². The molecule has 3 aliphatic carbocycles. The molecule has 0 aromatic heterocycles. The van der Waals surface area contributed by atoms with Crippen LogP contribution in [-0.2, 0) is 31.9 Å². The molecule has 1 unspecified atom stereocenters. The van der Waals surface area contributed by atoms with Gasteiger partial charge in [0.15, 0.2) is 17.4 Å². The molecule has 0 bridgehead atoms. The molecule has 0 radical (unpaired) electrons. The molecule has 0 saturated heterocycles. The van der Waals surface area contributed by atoms with Gasteiger partial charge in [0.2, 0.25) is 5.78 Å². The lowest BCUT2D eigenvalue weighted by atomic mass is 9.75. The first-order chi connectivity index (χ1) is 18.7. The first-order valence-electron chi connectivity index (χ1n) is 13.1. The van der Waals surface area contributed by atoms with E-state index in [1.807, 2.05) is 0 Å². The Balaban J connectivity index is 1.40. The molecular formula is C29H30O10. The van der Waals surface area contributed by atoms with E-state index in [0.717, 1.165) is 19.3 Å². The van der Waals surface area contributed by atoms with Crippen LogP contribution in [0.4, 0.5) is 0 Å². The number of hydrogen-bond acceptors (Lipinski definition) is 9. The third-order valence-corrected chi connectivity index (χ3v) is 8.03. The molecule has 1 atom stereocenters. The van der Waals surface area contributed by atoms with Crippen molar-refractivity contribution in [3.8, 4) is 17.2 Å². The van der Waals surface area contributed by atoms with Crippen molar-refractivity contribution in [2.24, 2.45) is 5.92 Å². The van der Waals surface area contributed by atoms with Crippen LogP contribution in [0.15, 0.2) is 18.2 Å². The Morgan fingerprint density at radius 1 is 0.923 bits per heavy atom. The van der Waals surface area contributed by atoms with Crippen molar-refractivity contribution in [3.05, 3.63) is 51.6 Å². The third kappa shape index (κ3) is 4.68. The van der Waals surface area contributed by atoms with Gasteiger partial charge in [0.1, 0.15) is 30.5 Å². The van der Waals surface area contributed by atoms with E-state index >= 15 is 0 Å². The van der Waals surface area contributed by atoms with E-state index in [9.17, 15) is 29.4 Å². The molecular weight excluding hydrogens is 508 g/mol. The smallest absolute Gasteiger partial charge is 0.329 e. The van der Waals surface area contributed by atoms with Crippen molar-refractivity contribution in [3.63, 3.8) is 0 Å². The summed E-state index contributed by atoms with van der Waals surface area (Å²) in [5.74, 6) is -4.86. The Morgan fingerprint density at radius 3 is 2.28 bits per heavy atom. The van der Waals surface area contributed by atoms with Gasteiger partial charge in [0.25, 0.3) is 0 Å². The Hall–Kier alpha value is -3.76. The highest BCUT2D eigenvalue weighted by Crippen LogP contribution is 2.47. The Kier molecular flexibility index (Phi) is 7.17. The van der Waals surface area contributed by atoms with Crippen molar-refractivity contribution >= 4 is 23.3 Å². The standard InChI is InChI=1S/C29H30O10/c1-37-20-7-5-6-17-22(20)28(36)24-23(26(17)34)27(35)18-12-15(8-9-16(18)25(24)33)19(30)13-38-29(39-14-21(31)32)10-3-2-4-11-29/h5-7,15,33,35H,2-4,8-14H2,1H3,(H,31,32). The highest BCUT2D eigenvalue weighted by atomic mass is 16.7. The van der Waals surface area contributed by atoms with Gasteiger partial charge < -0.3 is 29.5 Å². The fourth-order valence-electron chi connectivity index (χ4n) is 6.02. The molecule has 1 fully saturated rings. The van der Waals surface area contributed by atoms with Crippen molar-refractivity contribution in [1.29, 1.82) is 0 Å². The average molecular weight is 539 g/mol. The average Bonchev–Trinajstić information content (AvgIpc) is 2.95. The number of ketones is 3. The van der Waals surface area contributed by atoms with Gasteiger partial charge >= 0.3 is 5.97 Å². The summed E-state index contributed by atoms with van der Waals surface area (Å²) in [5.41, 5.74) is 0.176. The molecule has 0 amide bonds. The molecule has 39 heavy (non-hydrogen) atoms. The van der Waals surface area contributed by atoms with Gasteiger partial charge in [-0.3, -0.25) is 14.4 Å². The Morgan fingerprint density at radius 2 is 1.59 bits per heavy atom. The minimum Gasteiger partial charge on any atom is -0.507 e. The Bertz CT molecular complexity index is 1370. The molecule has 0 aliphatic heterocycles. The summed E-state index contributed by atoms with van der Waals surface area (Å²) in [5, 5.41) is 31.4. The topological polar surface area (TPSA) is 157 Å². The van der Waals surface area contributed by atoms with Crippen molar-refractivity contribution in [2.75, 3.05) is 20.3 Å². The third-order valence-electron chi connectivity index (χ3n) is 8.03. The molecule has 206 valence electrons. The molecule has 5 rings (SSSR count). The number of carboxylic acids is 1. The number of ether oxygens (including phenoxy) is 3. The quantitative estimate of drug-likeness (QED) is 0.287. The van der Waals surface area contributed by atoms with E-state index in [1.54, 1.807) is 12.1 Å². The van der Waals surface area contributed by atoms with E-state index in [-0.39, 0.29) is 64.5 Å². The summed E-state index contributed by atoms with van der Waals surface area (Å²) < 4.78 is 16.7. The largest absolute Gasteiger partial charge is 0.507 e. The summed E-state index contributed by atoms with van der Waals surface area (Å²) in [6.07, 6.45) is 4.15. The van der Waals surface area contributed by atoms with E-state index in [0.29, 0.717) is 24.8 Å². The number of carboxylic acid groups (broad SMARTS) is 1. The zero-order valence-electron chi connectivity index (χ0n) is 21.6. The van der Waals surface area contributed by atoms with Gasteiger partial charge in [0, 0.05) is 35.4 Å². The number of methoxy groups -OCH3 is 1. The molecule has 1 saturated carbocycles. The number of aliphatic carboxylic acids is 1. The van der Waals surface area contributed by atoms with Gasteiger partial charge in [-0.25, -0.2) is 4.79 Å². The Labute approximate surface area is 224 Å². The molecule has 3 aliphatic rings. The van der Waals surface area contributed by atoms with Crippen LogP contribution in [0.25, 0.3) is 0 Å². The summed E-state index contributed by atoms with van der Waals surface area (Å²) in [4.78, 5) is 51.0.